The van der Waals surface area contributed by atoms with Crippen LogP contribution in [0.3, 0.4) is 0 Å². The van der Waals surface area contributed by atoms with Gasteiger partial charge < -0.3 is 15.0 Å². The van der Waals surface area contributed by atoms with E-state index in [9.17, 15) is 9.59 Å². The molecule has 0 bridgehead atoms. The Morgan fingerprint density at radius 1 is 1.15 bits per heavy atom. The van der Waals surface area contributed by atoms with Gasteiger partial charge in [0.15, 0.2) is 5.17 Å². The average molecular weight is 482 g/mol. The summed E-state index contributed by atoms with van der Waals surface area (Å²) >= 11 is 8.03. The molecule has 1 unspecified atom stereocenters. The molecule has 1 atom stereocenters. The first kappa shape index (κ1) is 23.1. The van der Waals surface area contributed by atoms with Gasteiger partial charge in [-0.3, -0.25) is 4.79 Å². The number of allylic oxidation sites excluding steroid dienone is 1. The van der Waals surface area contributed by atoms with E-state index in [1.54, 1.807) is 13.0 Å². The van der Waals surface area contributed by atoms with Crippen LogP contribution in [0.15, 0.2) is 82.0 Å². The molecule has 0 aromatic heterocycles. The third kappa shape index (κ3) is 4.99. The Morgan fingerprint density at radius 3 is 2.61 bits per heavy atom. The summed E-state index contributed by atoms with van der Waals surface area (Å²) < 4.78 is 5.69. The Morgan fingerprint density at radius 2 is 1.88 bits per heavy atom. The van der Waals surface area contributed by atoms with Gasteiger partial charge >= 0.3 is 5.97 Å². The fourth-order valence-corrected chi connectivity index (χ4v) is 5.05. The van der Waals surface area contributed by atoms with Gasteiger partial charge in [-0.15, -0.1) is 0 Å². The molecule has 2 aromatic rings. The Labute approximate surface area is 202 Å². The van der Waals surface area contributed by atoms with E-state index in [0.29, 0.717) is 28.0 Å². The minimum atomic E-state index is -0.551. The van der Waals surface area contributed by atoms with Crippen LogP contribution in [0.2, 0.25) is 5.02 Å². The van der Waals surface area contributed by atoms with Crippen molar-refractivity contribution in [3.63, 3.8) is 0 Å². The predicted octanol–water partition coefficient (Wildman–Crippen LogP) is 5.18. The Bertz CT molecular complexity index is 1160. The highest BCUT2D eigenvalue weighted by Crippen LogP contribution is 2.46. The zero-order valence-electron chi connectivity index (χ0n) is 18.4. The van der Waals surface area contributed by atoms with Crippen LogP contribution in [0, 0.1) is 0 Å². The van der Waals surface area contributed by atoms with Crippen molar-refractivity contribution < 1.29 is 14.3 Å². The van der Waals surface area contributed by atoms with Crippen LogP contribution in [0.25, 0.3) is 0 Å². The number of aliphatic imine (C=N–C) groups is 1. The summed E-state index contributed by atoms with van der Waals surface area (Å²) in [6, 6.07) is 16.4. The minimum Gasteiger partial charge on any atom is -0.457 e. The van der Waals surface area contributed by atoms with Crippen LogP contribution < -0.4 is 5.32 Å². The molecule has 2 aliphatic rings. The highest BCUT2D eigenvalue weighted by Gasteiger charge is 2.41. The minimum absolute atomic E-state index is 0.0945. The third-order valence-electron chi connectivity index (χ3n) is 5.35. The summed E-state index contributed by atoms with van der Waals surface area (Å²) in [6.07, 6.45) is 0.173. The zero-order valence-corrected chi connectivity index (χ0v) is 19.9. The number of esters is 1. The lowest BCUT2D eigenvalue weighted by Crippen LogP contribution is -2.38. The standard InChI is InChI=1S/C25H24ClN3O3S/c1-3-27-21(30)13-18-15-33-25-28-16(2)22(24(31)32-14-17-9-5-4-6-10-17)23(29(18)25)19-11-7-8-12-20(19)26/h4-12,15,23H,3,13-14H2,1-2H3,(H,27,30). The molecule has 8 heteroatoms. The molecule has 170 valence electrons. The SMILES string of the molecule is CCNC(=O)CC1=CSC2=NC(C)=C(C(=O)OCc3ccccc3)C(c3ccccc3Cl)N12. The maximum atomic E-state index is 13.4. The van der Waals surface area contributed by atoms with Gasteiger partial charge in [0.2, 0.25) is 5.91 Å². The van der Waals surface area contributed by atoms with Gasteiger partial charge in [-0.1, -0.05) is 71.9 Å². The number of nitrogens with zero attached hydrogens (tertiary/aromatic N) is 2. The molecule has 0 spiro atoms. The third-order valence-corrected chi connectivity index (χ3v) is 6.58. The largest absolute Gasteiger partial charge is 0.457 e. The van der Waals surface area contributed by atoms with Crippen LogP contribution in [-0.2, 0) is 20.9 Å². The number of halogens is 1. The smallest absolute Gasteiger partial charge is 0.338 e. The van der Waals surface area contributed by atoms with Crippen LogP contribution in [0.5, 0.6) is 0 Å². The van der Waals surface area contributed by atoms with E-state index in [2.05, 4.69) is 10.3 Å². The molecule has 0 saturated heterocycles. The van der Waals surface area contributed by atoms with Crippen LogP contribution in [0.1, 0.15) is 37.4 Å². The van der Waals surface area contributed by atoms with Gasteiger partial charge in [-0.05, 0) is 36.4 Å². The molecule has 1 amide bonds. The van der Waals surface area contributed by atoms with Crippen molar-refractivity contribution in [2.75, 3.05) is 6.54 Å². The van der Waals surface area contributed by atoms with Crippen molar-refractivity contribution >= 4 is 40.4 Å². The topological polar surface area (TPSA) is 71.0 Å². The van der Waals surface area contributed by atoms with Crippen molar-refractivity contribution in [1.29, 1.82) is 0 Å². The summed E-state index contributed by atoms with van der Waals surface area (Å²) in [5.74, 6) is -0.554. The van der Waals surface area contributed by atoms with E-state index < -0.39 is 12.0 Å². The lowest BCUT2D eigenvalue weighted by molar-refractivity contribution is -0.141. The van der Waals surface area contributed by atoms with E-state index in [-0.39, 0.29) is 18.9 Å². The maximum Gasteiger partial charge on any atom is 0.338 e. The molecule has 1 N–H and O–H groups in total. The number of carbonyl (C=O) groups excluding carboxylic acids is 2. The first-order valence-corrected chi connectivity index (χ1v) is 11.9. The van der Waals surface area contributed by atoms with Gasteiger partial charge in [0.1, 0.15) is 6.61 Å². The lowest BCUT2D eigenvalue weighted by Gasteiger charge is -2.36. The normalized spacial score (nSPS) is 17.3. The number of amides is 1. The summed E-state index contributed by atoms with van der Waals surface area (Å²) in [7, 11) is 0. The summed E-state index contributed by atoms with van der Waals surface area (Å²) in [5.41, 5.74) is 3.39. The summed E-state index contributed by atoms with van der Waals surface area (Å²) in [4.78, 5) is 32.3. The number of nitrogens with one attached hydrogen (secondary N) is 1. The zero-order chi connectivity index (χ0) is 23.4. The van der Waals surface area contributed by atoms with Crippen molar-refractivity contribution in [3.8, 4) is 0 Å². The first-order chi connectivity index (χ1) is 16.0. The Balaban J connectivity index is 1.70. The van der Waals surface area contributed by atoms with Crippen molar-refractivity contribution in [2.45, 2.75) is 32.9 Å². The van der Waals surface area contributed by atoms with Gasteiger partial charge in [0.05, 0.1) is 23.7 Å². The number of ether oxygens (including phenoxy) is 1. The van der Waals surface area contributed by atoms with Crippen LogP contribution in [-0.4, -0.2) is 28.5 Å². The van der Waals surface area contributed by atoms with Crippen molar-refractivity contribution in [3.05, 3.63) is 93.1 Å². The highest BCUT2D eigenvalue weighted by molar-refractivity contribution is 8.16. The molecule has 0 radical (unpaired) electrons. The van der Waals surface area contributed by atoms with Crippen molar-refractivity contribution in [2.24, 2.45) is 4.99 Å². The molecule has 2 heterocycles. The molecular formula is C25H24ClN3O3S. The molecular weight excluding hydrogens is 458 g/mol. The molecule has 4 rings (SSSR count). The number of carbonyl (C=O) groups is 2. The summed E-state index contributed by atoms with van der Waals surface area (Å²) in [5, 5.41) is 5.97. The Kier molecular flexibility index (Phi) is 7.20. The van der Waals surface area contributed by atoms with E-state index in [0.717, 1.165) is 16.8 Å². The Hall–Kier alpha value is -3.03. The molecule has 2 aliphatic heterocycles. The van der Waals surface area contributed by atoms with Gasteiger partial charge in [0.25, 0.3) is 0 Å². The second-order valence-electron chi connectivity index (χ2n) is 7.61. The molecule has 6 nitrogen and oxygen atoms in total. The molecule has 0 saturated carbocycles. The molecule has 0 aliphatic carbocycles. The van der Waals surface area contributed by atoms with E-state index >= 15 is 0 Å². The van der Waals surface area contributed by atoms with Gasteiger partial charge in [-0.2, -0.15) is 0 Å². The lowest BCUT2D eigenvalue weighted by atomic mass is 9.93. The van der Waals surface area contributed by atoms with E-state index in [4.69, 9.17) is 16.3 Å². The second-order valence-corrected chi connectivity index (χ2v) is 8.85. The summed E-state index contributed by atoms with van der Waals surface area (Å²) in [6.45, 7) is 4.38. The predicted molar refractivity (Wildman–Crippen MR) is 131 cm³/mol. The van der Waals surface area contributed by atoms with Gasteiger partial charge in [-0.25, -0.2) is 9.79 Å². The second kappa shape index (κ2) is 10.3. The van der Waals surface area contributed by atoms with Crippen molar-refractivity contribution in [1.82, 2.24) is 10.2 Å². The average Bonchev–Trinajstić information content (AvgIpc) is 3.19. The number of thioether (sulfide) groups is 1. The number of rotatable bonds is 7. The number of fused-ring (bicyclic) bond motifs is 1. The fraction of sp³-hybridized carbons (Fsp3) is 0.240. The van der Waals surface area contributed by atoms with Gasteiger partial charge in [0, 0.05) is 17.3 Å². The maximum absolute atomic E-state index is 13.4. The van der Waals surface area contributed by atoms with E-state index in [1.165, 1.54) is 11.8 Å². The molecule has 33 heavy (non-hydrogen) atoms. The fourth-order valence-electron chi connectivity index (χ4n) is 3.85. The number of amidine groups is 1. The number of hydrogen-bond acceptors (Lipinski definition) is 6. The highest BCUT2D eigenvalue weighted by atomic mass is 35.5. The molecule has 2 aromatic carbocycles. The number of hydrogen-bond donors (Lipinski definition) is 1. The first-order valence-electron chi connectivity index (χ1n) is 10.7. The van der Waals surface area contributed by atoms with E-state index in [1.807, 2.05) is 65.8 Å². The number of benzene rings is 2. The van der Waals surface area contributed by atoms with Crippen LogP contribution >= 0.6 is 23.4 Å². The quantitative estimate of drug-likeness (QED) is 0.551. The van der Waals surface area contributed by atoms with Crippen LogP contribution in [0.4, 0.5) is 0 Å². The monoisotopic (exact) mass is 481 g/mol. The molecule has 0 fully saturated rings.